The predicted molar refractivity (Wildman–Crippen MR) is 93.8 cm³/mol. The molecule has 1 amide bonds. The Morgan fingerprint density at radius 2 is 2.00 bits per heavy atom. The van der Waals surface area contributed by atoms with Crippen LogP contribution in [0.1, 0.15) is 18.4 Å². The summed E-state index contributed by atoms with van der Waals surface area (Å²) in [5.74, 6) is 0.707. The number of hydrogen-bond donors (Lipinski definition) is 1. The first-order valence-corrected chi connectivity index (χ1v) is 8.59. The van der Waals surface area contributed by atoms with Crippen LogP contribution in [0.2, 0.25) is 0 Å². The van der Waals surface area contributed by atoms with Crippen molar-refractivity contribution in [2.24, 2.45) is 0 Å². The zero-order valence-electron chi connectivity index (χ0n) is 13.0. The second-order valence-electron chi connectivity index (χ2n) is 5.44. The fraction of sp³-hybridized carbons (Fsp3) is 0.222. The molecule has 4 nitrogen and oxygen atoms in total. The summed E-state index contributed by atoms with van der Waals surface area (Å²) in [4.78, 5) is 16.4. The molecule has 1 atom stereocenters. The lowest BCUT2D eigenvalue weighted by Gasteiger charge is -2.12. The number of nitrogens with zero attached hydrogens (tertiary/aromatic N) is 2. The Labute approximate surface area is 139 Å². The van der Waals surface area contributed by atoms with Gasteiger partial charge in [0.1, 0.15) is 0 Å². The van der Waals surface area contributed by atoms with Crippen molar-refractivity contribution < 1.29 is 4.79 Å². The Hall–Kier alpha value is -2.27. The van der Waals surface area contributed by atoms with Gasteiger partial charge in [0.25, 0.3) is 0 Å². The number of carbonyl (C=O) groups excluding carboxylic acids is 1. The second kappa shape index (κ2) is 7.33. The highest BCUT2D eigenvalue weighted by atomic mass is 32.2. The number of benzene rings is 1. The van der Waals surface area contributed by atoms with Crippen LogP contribution in [-0.2, 0) is 4.79 Å². The summed E-state index contributed by atoms with van der Waals surface area (Å²) in [5.41, 5.74) is 2.27. The number of aromatic nitrogens is 2. The zero-order valence-corrected chi connectivity index (χ0v) is 13.8. The Morgan fingerprint density at radius 3 is 2.83 bits per heavy atom. The van der Waals surface area contributed by atoms with E-state index in [9.17, 15) is 4.79 Å². The molecule has 1 N–H and O–H groups in total. The van der Waals surface area contributed by atoms with Gasteiger partial charge in [0, 0.05) is 12.7 Å². The number of nitrogens with one attached hydrogen (secondary N) is 1. The van der Waals surface area contributed by atoms with Gasteiger partial charge < -0.3 is 5.32 Å². The van der Waals surface area contributed by atoms with Gasteiger partial charge in [0.2, 0.25) is 5.91 Å². The van der Waals surface area contributed by atoms with Crippen molar-refractivity contribution in [3.8, 4) is 0 Å². The van der Waals surface area contributed by atoms with E-state index in [4.69, 9.17) is 0 Å². The van der Waals surface area contributed by atoms with Crippen LogP contribution in [0.3, 0.4) is 0 Å². The molecule has 118 valence electrons. The van der Waals surface area contributed by atoms with E-state index in [1.54, 1.807) is 0 Å². The van der Waals surface area contributed by atoms with E-state index in [0.717, 1.165) is 10.7 Å². The molecule has 0 spiro atoms. The molecule has 3 rings (SSSR count). The van der Waals surface area contributed by atoms with Gasteiger partial charge in [-0.05, 0) is 23.6 Å². The van der Waals surface area contributed by atoms with Crippen molar-refractivity contribution in [3.05, 3.63) is 66.5 Å². The average Bonchev–Trinajstić information content (AvgIpc) is 3.02. The van der Waals surface area contributed by atoms with Crippen LogP contribution in [0.4, 0.5) is 0 Å². The number of carbonyl (C=O) groups is 1. The first-order chi connectivity index (χ1) is 11.2. The van der Waals surface area contributed by atoms with E-state index in [1.165, 1.54) is 17.3 Å². The molecule has 0 saturated heterocycles. The minimum atomic E-state index is 0.0328. The molecule has 0 fully saturated rings. The topological polar surface area (TPSA) is 46.4 Å². The van der Waals surface area contributed by atoms with E-state index >= 15 is 0 Å². The van der Waals surface area contributed by atoms with Crippen LogP contribution in [0.15, 0.2) is 66.1 Å². The Morgan fingerprint density at radius 1 is 1.22 bits per heavy atom. The lowest BCUT2D eigenvalue weighted by molar-refractivity contribution is -0.118. The van der Waals surface area contributed by atoms with Gasteiger partial charge in [-0.15, -0.1) is 0 Å². The number of rotatable bonds is 6. The third kappa shape index (κ3) is 3.93. The molecule has 0 radical (unpaired) electrons. The number of pyridine rings is 1. The first-order valence-electron chi connectivity index (χ1n) is 7.60. The number of thioether (sulfide) groups is 1. The lowest BCUT2D eigenvalue weighted by Crippen LogP contribution is -2.29. The third-order valence-corrected chi connectivity index (χ3v) is 4.68. The van der Waals surface area contributed by atoms with Crippen molar-refractivity contribution >= 4 is 23.2 Å². The Bertz CT molecular complexity index is 785. The number of hydrogen-bond acceptors (Lipinski definition) is 3. The van der Waals surface area contributed by atoms with Gasteiger partial charge in [-0.25, -0.2) is 4.98 Å². The molecule has 0 saturated carbocycles. The monoisotopic (exact) mass is 325 g/mol. The summed E-state index contributed by atoms with van der Waals surface area (Å²) >= 11 is 1.45. The smallest absolute Gasteiger partial charge is 0.230 e. The van der Waals surface area contributed by atoms with Gasteiger partial charge in [-0.3, -0.25) is 9.20 Å². The average molecular weight is 325 g/mol. The molecule has 5 heteroatoms. The van der Waals surface area contributed by atoms with Gasteiger partial charge in [-0.2, -0.15) is 0 Å². The molecule has 2 aromatic heterocycles. The van der Waals surface area contributed by atoms with Crippen LogP contribution in [0.5, 0.6) is 0 Å². The van der Waals surface area contributed by atoms with Crippen molar-refractivity contribution in [1.29, 1.82) is 0 Å². The molecule has 2 heterocycles. The molecule has 1 aromatic carbocycles. The molecular formula is C18H19N3OS. The highest BCUT2D eigenvalue weighted by Gasteiger charge is 2.10. The number of amides is 1. The number of fused-ring (bicyclic) bond motifs is 1. The maximum atomic E-state index is 12.0. The van der Waals surface area contributed by atoms with Crippen molar-refractivity contribution in [1.82, 2.24) is 14.7 Å². The van der Waals surface area contributed by atoms with Gasteiger partial charge in [0.15, 0.2) is 5.16 Å². The maximum absolute atomic E-state index is 12.0. The van der Waals surface area contributed by atoms with Crippen molar-refractivity contribution in [2.45, 2.75) is 18.0 Å². The van der Waals surface area contributed by atoms with E-state index in [2.05, 4.69) is 29.4 Å². The normalized spacial score (nSPS) is 12.2. The third-order valence-electron chi connectivity index (χ3n) is 3.71. The van der Waals surface area contributed by atoms with Crippen molar-refractivity contribution in [3.63, 3.8) is 0 Å². The summed E-state index contributed by atoms with van der Waals surface area (Å²) in [6.45, 7) is 2.76. The van der Waals surface area contributed by atoms with E-state index in [1.807, 2.05) is 53.2 Å². The molecular weight excluding hydrogens is 306 g/mol. The van der Waals surface area contributed by atoms with Crippen LogP contribution >= 0.6 is 11.8 Å². The molecule has 0 unspecified atom stereocenters. The Kier molecular flexibility index (Phi) is 4.98. The fourth-order valence-electron chi connectivity index (χ4n) is 2.37. The fourth-order valence-corrected chi connectivity index (χ4v) is 3.17. The van der Waals surface area contributed by atoms with Crippen LogP contribution in [0, 0.1) is 0 Å². The van der Waals surface area contributed by atoms with Gasteiger partial charge >= 0.3 is 0 Å². The summed E-state index contributed by atoms with van der Waals surface area (Å²) in [6.07, 6.45) is 3.78. The van der Waals surface area contributed by atoms with Gasteiger partial charge in [-0.1, -0.05) is 55.1 Å². The second-order valence-corrected chi connectivity index (χ2v) is 6.38. The van der Waals surface area contributed by atoms with Gasteiger partial charge in [0.05, 0.1) is 17.5 Å². The minimum absolute atomic E-state index is 0.0328. The maximum Gasteiger partial charge on any atom is 0.230 e. The van der Waals surface area contributed by atoms with Crippen LogP contribution < -0.4 is 5.32 Å². The first kappa shape index (κ1) is 15.6. The quantitative estimate of drug-likeness (QED) is 0.707. The molecule has 23 heavy (non-hydrogen) atoms. The summed E-state index contributed by atoms with van der Waals surface area (Å²) in [5, 5.41) is 3.83. The molecule has 3 aromatic rings. The van der Waals surface area contributed by atoms with Crippen LogP contribution in [0.25, 0.3) is 5.52 Å². The largest absolute Gasteiger partial charge is 0.355 e. The summed E-state index contributed by atoms with van der Waals surface area (Å²) in [6, 6.07) is 16.1. The number of imidazole rings is 1. The standard InChI is InChI=1S/C18H19N3OS/c1-14(15-7-3-2-4-8-15)11-19-17(22)13-23-18-20-12-16-9-5-6-10-21(16)18/h2-10,12,14H,11,13H2,1H3,(H,19,22)/t14-/m0/s1. The summed E-state index contributed by atoms with van der Waals surface area (Å²) < 4.78 is 1.99. The van der Waals surface area contributed by atoms with E-state index in [0.29, 0.717) is 18.2 Å². The summed E-state index contributed by atoms with van der Waals surface area (Å²) in [7, 11) is 0. The molecule has 0 aliphatic heterocycles. The zero-order chi connectivity index (χ0) is 16.1. The van der Waals surface area contributed by atoms with E-state index < -0.39 is 0 Å². The predicted octanol–water partition coefficient (Wildman–Crippen LogP) is 3.35. The molecule has 0 aliphatic rings. The highest BCUT2D eigenvalue weighted by molar-refractivity contribution is 7.99. The SMILES string of the molecule is C[C@@H](CNC(=O)CSc1ncc2ccccn12)c1ccccc1. The lowest BCUT2D eigenvalue weighted by atomic mass is 10.0. The van der Waals surface area contributed by atoms with E-state index in [-0.39, 0.29) is 5.91 Å². The Balaban J connectivity index is 1.50. The van der Waals surface area contributed by atoms with Crippen molar-refractivity contribution in [2.75, 3.05) is 12.3 Å². The minimum Gasteiger partial charge on any atom is -0.355 e. The van der Waals surface area contributed by atoms with Crippen LogP contribution in [-0.4, -0.2) is 27.6 Å². The molecule has 0 aliphatic carbocycles. The molecule has 0 bridgehead atoms. The highest BCUT2D eigenvalue weighted by Crippen LogP contribution is 2.18.